The lowest BCUT2D eigenvalue weighted by molar-refractivity contribution is 0.174. The first kappa shape index (κ1) is 18.5. The van der Waals surface area contributed by atoms with E-state index in [0.29, 0.717) is 6.79 Å². The summed E-state index contributed by atoms with van der Waals surface area (Å²) in [5.74, 6) is 2.53. The first-order valence-corrected chi connectivity index (χ1v) is 10.1. The van der Waals surface area contributed by atoms with Crippen LogP contribution < -0.4 is 9.47 Å². The molecule has 0 aliphatic carbocycles. The lowest BCUT2D eigenvalue weighted by Crippen LogP contribution is -2.22. The van der Waals surface area contributed by atoms with Crippen LogP contribution in [0.4, 0.5) is 0 Å². The summed E-state index contributed by atoms with van der Waals surface area (Å²) in [5.41, 5.74) is 4.65. The van der Waals surface area contributed by atoms with E-state index in [1.165, 1.54) is 11.1 Å². The lowest BCUT2D eigenvalue weighted by atomic mass is 10.1. The summed E-state index contributed by atoms with van der Waals surface area (Å²) >= 11 is 0. The molecule has 0 fully saturated rings. The quantitative estimate of drug-likeness (QED) is 0.476. The Morgan fingerprint density at radius 2 is 1.50 bits per heavy atom. The molecule has 3 aromatic carbocycles. The fraction of sp³-hybridized carbons (Fsp3) is 0.160. The molecule has 0 bridgehead atoms. The number of ether oxygens (including phenoxy) is 2. The van der Waals surface area contributed by atoms with E-state index in [0.717, 1.165) is 48.2 Å². The zero-order chi connectivity index (χ0) is 20.2. The highest BCUT2D eigenvalue weighted by molar-refractivity contribution is 5.54. The molecule has 2 heterocycles. The molecule has 5 nitrogen and oxygen atoms in total. The zero-order valence-electron chi connectivity index (χ0n) is 16.6. The minimum absolute atomic E-state index is 0.295. The molecule has 0 amide bonds. The predicted molar refractivity (Wildman–Crippen MR) is 116 cm³/mol. The molecule has 1 aromatic heterocycles. The van der Waals surface area contributed by atoms with Gasteiger partial charge in [0.1, 0.15) is 5.82 Å². The third kappa shape index (κ3) is 4.21. The summed E-state index contributed by atoms with van der Waals surface area (Å²) in [6.07, 6.45) is 1.93. The van der Waals surface area contributed by atoms with Crippen LogP contribution >= 0.6 is 0 Å². The van der Waals surface area contributed by atoms with Gasteiger partial charge in [0.25, 0.3) is 0 Å². The van der Waals surface area contributed by atoms with E-state index in [-0.39, 0.29) is 0 Å². The second-order valence-corrected chi connectivity index (χ2v) is 7.44. The van der Waals surface area contributed by atoms with Crippen molar-refractivity contribution in [1.82, 2.24) is 14.9 Å². The molecule has 4 aromatic rings. The Morgan fingerprint density at radius 3 is 2.33 bits per heavy atom. The smallest absolute Gasteiger partial charge is 0.231 e. The zero-order valence-corrected chi connectivity index (χ0v) is 16.6. The maximum Gasteiger partial charge on any atom is 0.231 e. The largest absolute Gasteiger partial charge is 0.454 e. The summed E-state index contributed by atoms with van der Waals surface area (Å²) in [6, 6.07) is 26.9. The van der Waals surface area contributed by atoms with Gasteiger partial charge in [0.2, 0.25) is 6.79 Å². The average molecular weight is 397 g/mol. The van der Waals surface area contributed by atoms with Gasteiger partial charge in [-0.1, -0.05) is 66.7 Å². The number of rotatable bonds is 7. The first-order chi connectivity index (χ1) is 14.8. The van der Waals surface area contributed by atoms with Crippen molar-refractivity contribution < 1.29 is 9.47 Å². The molecule has 1 N–H and O–H groups in total. The Morgan fingerprint density at radius 1 is 0.767 bits per heavy atom. The summed E-state index contributed by atoms with van der Waals surface area (Å²) in [4.78, 5) is 10.5. The molecule has 0 saturated carbocycles. The van der Waals surface area contributed by atoms with Crippen LogP contribution in [0.2, 0.25) is 0 Å². The van der Waals surface area contributed by atoms with Crippen LogP contribution in [0.5, 0.6) is 11.5 Å². The number of imidazole rings is 1. The molecular weight excluding hydrogens is 374 g/mol. The van der Waals surface area contributed by atoms with E-state index >= 15 is 0 Å². The molecular formula is C25H23N3O2. The number of hydrogen-bond donors (Lipinski definition) is 1. The Balaban J connectivity index is 1.36. The number of nitrogens with one attached hydrogen (secondary N) is 1. The number of nitrogens with zero attached hydrogens (tertiary/aromatic N) is 2. The molecule has 0 atom stereocenters. The predicted octanol–water partition coefficient (Wildman–Crippen LogP) is 5.01. The Labute approximate surface area is 175 Å². The SMILES string of the molecule is c1ccc(CN(Cc2ccc3c(c2)OCO3)Cc2cnc(-c3ccccc3)[nH]2)cc1. The van der Waals surface area contributed by atoms with Crippen LogP contribution in [-0.2, 0) is 19.6 Å². The second kappa shape index (κ2) is 8.43. The molecule has 5 heteroatoms. The first-order valence-electron chi connectivity index (χ1n) is 10.1. The minimum Gasteiger partial charge on any atom is -0.454 e. The molecule has 0 saturated heterocycles. The van der Waals surface area contributed by atoms with Crippen LogP contribution in [0.1, 0.15) is 16.8 Å². The van der Waals surface area contributed by atoms with Crippen LogP contribution in [0, 0.1) is 0 Å². The normalized spacial score (nSPS) is 12.4. The molecule has 150 valence electrons. The lowest BCUT2D eigenvalue weighted by Gasteiger charge is -2.22. The van der Waals surface area contributed by atoms with Gasteiger partial charge in [-0.3, -0.25) is 4.90 Å². The summed E-state index contributed by atoms with van der Waals surface area (Å²) in [7, 11) is 0. The number of H-pyrrole nitrogens is 1. The summed E-state index contributed by atoms with van der Waals surface area (Å²) < 4.78 is 11.0. The van der Waals surface area contributed by atoms with E-state index in [9.17, 15) is 0 Å². The maximum atomic E-state index is 5.55. The minimum atomic E-state index is 0.295. The molecule has 30 heavy (non-hydrogen) atoms. The van der Waals surface area contributed by atoms with Gasteiger partial charge in [-0.2, -0.15) is 0 Å². The van der Waals surface area contributed by atoms with Crippen LogP contribution in [-0.4, -0.2) is 21.7 Å². The molecule has 0 radical (unpaired) electrons. The van der Waals surface area contributed by atoms with Gasteiger partial charge in [-0.15, -0.1) is 0 Å². The highest BCUT2D eigenvalue weighted by Crippen LogP contribution is 2.33. The Hall–Kier alpha value is -3.57. The topological polar surface area (TPSA) is 50.4 Å². The number of aromatic nitrogens is 2. The van der Waals surface area contributed by atoms with E-state index < -0.39 is 0 Å². The van der Waals surface area contributed by atoms with Crippen molar-refractivity contribution >= 4 is 0 Å². The van der Waals surface area contributed by atoms with Crippen molar-refractivity contribution in [3.05, 3.63) is 102 Å². The number of benzene rings is 3. The molecule has 5 rings (SSSR count). The molecule has 0 spiro atoms. The van der Waals surface area contributed by atoms with Gasteiger partial charge < -0.3 is 14.5 Å². The van der Waals surface area contributed by atoms with E-state index in [1.54, 1.807) is 0 Å². The van der Waals surface area contributed by atoms with Crippen molar-refractivity contribution in [2.24, 2.45) is 0 Å². The number of hydrogen-bond acceptors (Lipinski definition) is 4. The van der Waals surface area contributed by atoms with Crippen molar-refractivity contribution in [3.8, 4) is 22.9 Å². The van der Waals surface area contributed by atoms with E-state index in [2.05, 4.69) is 63.4 Å². The monoisotopic (exact) mass is 397 g/mol. The van der Waals surface area contributed by atoms with Gasteiger partial charge in [0.05, 0.1) is 0 Å². The molecule has 1 aliphatic heterocycles. The van der Waals surface area contributed by atoms with Crippen LogP contribution in [0.15, 0.2) is 85.1 Å². The van der Waals surface area contributed by atoms with Crippen molar-refractivity contribution in [3.63, 3.8) is 0 Å². The second-order valence-electron chi connectivity index (χ2n) is 7.44. The third-order valence-corrected chi connectivity index (χ3v) is 5.16. The van der Waals surface area contributed by atoms with Crippen LogP contribution in [0.25, 0.3) is 11.4 Å². The Bertz CT molecular complexity index is 1110. The van der Waals surface area contributed by atoms with Crippen molar-refractivity contribution in [1.29, 1.82) is 0 Å². The third-order valence-electron chi connectivity index (χ3n) is 5.16. The number of fused-ring (bicyclic) bond motifs is 1. The number of aromatic amines is 1. The molecule has 0 unspecified atom stereocenters. The summed E-state index contributed by atoms with van der Waals surface area (Å²) in [5, 5.41) is 0. The summed E-state index contributed by atoms with van der Waals surface area (Å²) in [6.45, 7) is 2.70. The highest BCUT2D eigenvalue weighted by Gasteiger charge is 2.16. The fourth-order valence-electron chi connectivity index (χ4n) is 3.73. The van der Waals surface area contributed by atoms with E-state index in [1.807, 2.05) is 36.5 Å². The van der Waals surface area contributed by atoms with Gasteiger partial charge >= 0.3 is 0 Å². The Kier molecular flexibility index (Phi) is 5.19. The van der Waals surface area contributed by atoms with Crippen LogP contribution in [0.3, 0.4) is 0 Å². The van der Waals surface area contributed by atoms with Crippen molar-refractivity contribution in [2.45, 2.75) is 19.6 Å². The standard InChI is InChI=1S/C25H23N3O2/c1-3-7-19(8-4-1)15-28(16-20-11-12-23-24(13-20)30-18-29-23)17-22-14-26-25(27-22)21-9-5-2-6-10-21/h1-14H,15-18H2,(H,26,27). The van der Waals surface area contributed by atoms with Gasteiger partial charge in [-0.25, -0.2) is 4.98 Å². The molecule has 1 aliphatic rings. The highest BCUT2D eigenvalue weighted by atomic mass is 16.7. The average Bonchev–Trinajstić information content (AvgIpc) is 3.44. The van der Waals surface area contributed by atoms with Gasteiger partial charge in [-0.05, 0) is 23.3 Å². The maximum absolute atomic E-state index is 5.55. The van der Waals surface area contributed by atoms with Crippen molar-refractivity contribution in [2.75, 3.05) is 6.79 Å². The van der Waals surface area contributed by atoms with Gasteiger partial charge in [0, 0.05) is 37.1 Å². The van der Waals surface area contributed by atoms with E-state index in [4.69, 9.17) is 9.47 Å². The fourth-order valence-corrected chi connectivity index (χ4v) is 3.73. The van der Waals surface area contributed by atoms with Gasteiger partial charge in [0.15, 0.2) is 11.5 Å².